The molecule has 2 nitrogen and oxygen atoms in total. The fourth-order valence-electron chi connectivity index (χ4n) is 2.79. The summed E-state index contributed by atoms with van der Waals surface area (Å²) in [6, 6.07) is 0.797. The molecule has 96 valence electrons. The highest BCUT2D eigenvalue weighted by Gasteiger charge is 2.21. The zero-order valence-electron chi connectivity index (χ0n) is 11.3. The van der Waals surface area contributed by atoms with E-state index in [1.165, 1.54) is 58.0 Å². The van der Waals surface area contributed by atoms with Gasteiger partial charge < -0.3 is 10.6 Å². The molecular formula is C14H30N2. The molecule has 0 aliphatic carbocycles. The summed E-state index contributed by atoms with van der Waals surface area (Å²) in [5.74, 6) is 0.907. The molecule has 0 bridgehead atoms. The highest BCUT2D eigenvalue weighted by molar-refractivity contribution is 4.76. The first kappa shape index (κ1) is 14.0. The van der Waals surface area contributed by atoms with Crippen LogP contribution in [0.25, 0.3) is 0 Å². The van der Waals surface area contributed by atoms with Crippen LogP contribution in [0.5, 0.6) is 0 Å². The van der Waals surface area contributed by atoms with E-state index in [2.05, 4.69) is 18.7 Å². The third kappa shape index (κ3) is 4.84. The molecule has 1 aliphatic rings. The summed E-state index contributed by atoms with van der Waals surface area (Å²) in [6.45, 7) is 8.16. The van der Waals surface area contributed by atoms with Crippen LogP contribution < -0.4 is 5.73 Å². The quantitative estimate of drug-likeness (QED) is 0.676. The maximum absolute atomic E-state index is 5.62. The predicted molar refractivity (Wildman–Crippen MR) is 71.6 cm³/mol. The number of hydrogen-bond donors (Lipinski definition) is 1. The maximum atomic E-state index is 5.62. The number of nitrogens with two attached hydrogens (primary N) is 1. The normalized spacial score (nSPS) is 21.2. The molecule has 1 aliphatic heterocycles. The Bertz CT molecular complexity index is 162. The van der Waals surface area contributed by atoms with Gasteiger partial charge in [0.1, 0.15) is 0 Å². The molecule has 0 aromatic heterocycles. The first-order chi connectivity index (χ1) is 7.77. The Morgan fingerprint density at radius 1 is 1.25 bits per heavy atom. The van der Waals surface area contributed by atoms with Crippen LogP contribution in [0, 0.1) is 5.92 Å². The lowest BCUT2D eigenvalue weighted by Crippen LogP contribution is -2.40. The van der Waals surface area contributed by atoms with Crippen molar-refractivity contribution in [1.29, 1.82) is 0 Å². The van der Waals surface area contributed by atoms with Crippen molar-refractivity contribution < 1.29 is 0 Å². The van der Waals surface area contributed by atoms with Gasteiger partial charge in [0.15, 0.2) is 0 Å². The van der Waals surface area contributed by atoms with Crippen molar-refractivity contribution in [1.82, 2.24) is 4.90 Å². The summed E-state index contributed by atoms with van der Waals surface area (Å²) in [7, 11) is 0. The van der Waals surface area contributed by atoms with E-state index >= 15 is 0 Å². The van der Waals surface area contributed by atoms with Gasteiger partial charge in [-0.05, 0) is 58.2 Å². The Morgan fingerprint density at radius 3 is 2.50 bits per heavy atom. The van der Waals surface area contributed by atoms with Gasteiger partial charge in [-0.3, -0.25) is 0 Å². The number of piperidine rings is 1. The summed E-state index contributed by atoms with van der Waals surface area (Å²) in [5, 5.41) is 0. The highest BCUT2D eigenvalue weighted by Crippen LogP contribution is 2.22. The van der Waals surface area contributed by atoms with E-state index in [1.54, 1.807) is 0 Å². The summed E-state index contributed by atoms with van der Waals surface area (Å²) >= 11 is 0. The molecule has 1 atom stereocenters. The van der Waals surface area contributed by atoms with E-state index in [4.69, 9.17) is 5.73 Å². The standard InChI is InChI=1S/C14H30N2/c1-3-4-5-6-13(2)16-11-8-14(7-10-15)9-12-16/h13-14H,3-12,15H2,1-2H3. The minimum absolute atomic E-state index is 0.797. The van der Waals surface area contributed by atoms with Gasteiger partial charge in [-0.1, -0.05) is 26.2 Å². The van der Waals surface area contributed by atoms with Crippen LogP contribution in [0.1, 0.15) is 58.8 Å². The SMILES string of the molecule is CCCCCC(C)N1CCC(CCN)CC1. The summed E-state index contributed by atoms with van der Waals surface area (Å²) in [6.07, 6.45) is 9.50. The summed E-state index contributed by atoms with van der Waals surface area (Å²) in [4.78, 5) is 2.68. The second-order valence-corrected chi connectivity index (χ2v) is 5.40. The number of likely N-dealkylation sites (tertiary alicyclic amines) is 1. The molecule has 0 aromatic rings. The van der Waals surface area contributed by atoms with E-state index in [0.717, 1.165) is 18.5 Å². The number of unbranched alkanes of at least 4 members (excludes halogenated alkanes) is 2. The third-order valence-corrected chi connectivity index (χ3v) is 4.07. The van der Waals surface area contributed by atoms with Crippen molar-refractivity contribution in [3.05, 3.63) is 0 Å². The van der Waals surface area contributed by atoms with Crippen molar-refractivity contribution in [3.8, 4) is 0 Å². The van der Waals surface area contributed by atoms with E-state index in [-0.39, 0.29) is 0 Å². The lowest BCUT2D eigenvalue weighted by atomic mass is 9.92. The topological polar surface area (TPSA) is 29.3 Å². The van der Waals surface area contributed by atoms with Crippen LogP contribution in [-0.4, -0.2) is 30.6 Å². The zero-order valence-corrected chi connectivity index (χ0v) is 11.3. The second kappa shape index (κ2) is 8.08. The van der Waals surface area contributed by atoms with Crippen LogP contribution in [-0.2, 0) is 0 Å². The van der Waals surface area contributed by atoms with Gasteiger partial charge >= 0.3 is 0 Å². The zero-order chi connectivity index (χ0) is 11.8. The fraction of sp³-hybridized carbons (Fsp3) is 1.00. The van der Waals surface area contributed by atoms with E-state index in [0.29, 0.717) is 0 Å². The first-order valence-electron chi connectivity index (χ1n) is 7.22. The van der Waals surface area contributed by atoms with Gasteiger partial charge in [0.05, 0.1) is 0 Å². The van der Waals surface area contributed by atoms with E-state index in [1.807, 2.05) is 0 Å². The highest BCUT2D eigenvalue weighted by atomic mass is 15.2. The summed E-state index contributed by atoms with van der Waals surface area (Å²) in [5.41, 5.74) is 5.62. The Balaban J connectivity index is 2.14. The molecule has 1 rings (SSSR count). The number of hydrogen-bond acceptors (Lipinski definition) is 2. The van der Waals surface area contributed by atoms with Crippen LogP contribution in [0.3, 0.4) is 0 Å². The molecule has 0 amide bonds. The fourth-order valence-corrected chi connectivity index (χ4v) is 2.79. The van der Waals surface area contributed by atoms with Gasteiger partial charge in [-0.15, -0.1) is 0 Å². The van der Waals surface area contributed by atoms with Crippen molar-refractivity contribution in [2.45, 2.75) is 64.8 Å². The van der Waals surface area contributed by atoms with Crippen LogP contribution >= 0.6 is 0 Å². The Labute approximate surface area is 102 Å². The predicted octanol–water partition coefficient (Wildman–Crippen LogP) is 3.02. The number of nitrogens with zero attached hydrogens (tertiary/aromatic N) is 1. The Kier molecular flexibility index (Phi) is 7.06. The largest absolute Gasteiger partial charge is 0.330 e. The van der Waals surface area contributed by atoms with Gasteiger partial charge in [0, 0.05) is 6.04 Å². The van der Waals surface area contributed by atoms with Gasteiger partial charge in [0.2, 0.25) is 0 Å². The molecule has 1 unspecified atom stereocenters. The molecule has 16 heavy (non-hydrogen) atoms. The molecule has 1 heterocycles. The first-order valence-corrected chi connectivity index (χ1v) is 7.22. The lowest BCUT2D eigenvalue weighted by Gasteiger charge is -2.36. The van der Waals surface area contributed by atoms with Crippen molar-refractivity contribution in [2.75, 3.05) is 19.6 Å². The molecule has 2 heteroatoms. The molecule has 2 N–H and O–H groups in total. The average Bonchev–Trinajstić information content (AvgIpc) is 2.30. The minimum Gasteiger partial charge on any atom is -0.330 e. The Morgan fingerprint density at radius 2 is 1.94 bits per heavy atom. The van der Waals surface area contributed by atoms with Crippen molar-refractivity contribution in [2.24, 2.45) is 11.7 Å². The third-order valence-electron chi connectivity index (χ3n) is 4.07. The molecule has 0 saturated carbocycles. The Hall–Kier alpha value is -0.0800. The monoisotopic (exact) mass is 226 g/mol. The molecule has 1 saturated heterocycles. The maximum Gasteiger partial charge on any atom is 0.00669 e. The van der Waals surface area contributed by atoms with Gasteiger partial charge in [-0.2, -0.15) is 0 Å². The van der Waals surface area contributed by atoms with E-state index < -0.39 is 0 Å². The molecule has 1 fully saturated rings. The van der Waals surface area contributed by atoms with E-state index in [9.17, 15) is 0 Å². The second-order valence-electron chi connectivity index (χ2n) is 5.40. The van der Waals surface area contributed by atoms with Crippen LogP contribution in [0.4, 0.5) is 0 Å². The number of rotatable bonds is 7. The summed E-state index contributed by atoms with van der Waals surface area (Å²) < 4.78 is 0. The molecular weight excluding hydrogens is 196 g/mol. The smallest absolute Gasteiger partial charge is 0.00669 e. The average molecular weight is 226 g/mol. The van der Waals surface area contributed by atoms with Crippen LogP contribution in [0.15, 0.2) is 0 Å². The molecule has 0 radical (unpaired) electrons. The lowest BCUT2D eigenvalue weighted by molar-refractivity contribution is 0.131. The van der Waals surface area contributed by atoms with Crippen molar-refractivity contribution in [3.63, 3.8) is 0 Å². The van der Waals surface area contributed by atoms with Gasteiger partial charge in [-0.25, -0.2) is 0 Å². The van der Waals surface area contributed by atoms with Crippen LogP contribution in [0.2, 0.25) is 0 Å². The van der Waals surface area contributed by atoms with Gasteiger partial charge in [0.25, 0.3) is 0 Å². The van der Waals surface area contributed by atoms with Crippen molar-refractivity contribution >= 4 is 0 Å². The minimum atomic E-state index is 0.797. The molecule has 0 aromatic carbocycles. The molecule has 0 spiro atoms.